The highest BCUT2D eigenvalue weighted by Gasteiger charge is 2.12. The third kappa shape index (κ3) is 3.72. The summed E-state index contributed by atoms with van der Waals surface area (Å²) in [6.07, 6.45) is 0. The fraction of sp³-hybridized carbons (Fsp3) is 0.250. The van der Waals surface area contributed by atoms with Gasteiger partial charge in [0.05, 0.1) is 12.3 Å². The molecule has 5 nitrogen and oxygen atoms in total. The van der Waals surface area contributed by atoms with Crippen molar-refractivity contribution in [2.75, 3.05) is 12.3 Å². The number of halogens is 1. The third-order valence-corrected chi connectivity index (χ3v) is 2.91. The molecule has 0 atom stereocenters. The number of carboxylic acids is 1. The zero-order chi connectivity index (χ0) is 16.3. The van der Waals surface area contributed by atoms with Crippen LogP contribution in [0.4, 0.5) is 10.2 Å². The summed E-state index contributed by atoms with van der Waals surface area (Å²) in [5.74, 6) is -1.02. The second-order valence-corrected chi connectivity index (χ2v) is 5.31. The summed E-state index contributed by atoms with van der Waals surface area (Å²) in [6, 6.07) is 7.07. The molecule has 22 heavy (non-hydrogen) atoms. The number of benzene rings is 1. The SMILES string of the molecule is CC(C)COc1cc(F)cc(-c2ccc(C(=O)O)c(N)n2)c1. The van der Waals surface area contributed by atoms with Crippen LogP contribution in [-0.2, 0) is 0 Å². The third-order valence-electron chi connectivity index (χ3n) is 2.91. The molecule has 2 rings (SSSR count). The molecule has 0 unspecified atom stereocenters. The molecule has 0 saturated carbocycles. The lowest BCUT2D eigenvalue weighted by atomic mass is 10.1. The van der Waals surface area contributed by atoms with Gasteiger partial charge in [-0.15, -0.1) is 0 Å². The molecule has 2 aromatic rings. The molecule has 0 aliphatic carbocycles. The number of aromatic nitrogens is 1. The Morgan fingerprint density at radius 2 is 2.09 bits per heavy atom. The molecule has 6 heteroatoms. The largest absolute Gasteiger partial charge is 0.493 e. The lowest BCUT2D eigenvalue weighted by molar-refractivity contribution is 0.0697. The van der Waals surface area contributed by atoms with Gasteiger partial charge in [-0.1, -0.05) is 13.8 Å². The summed E-state index contributed by atoms with van der Waals surface area (Å²) in [5, 5.41) is 8.94. The number of aromatic carboxylic acids is 1. The van der Waals surface area contributed by atoms with Crippen LogP contribution in [0.15, 0.2) is 30.3 Å². The van der Waals surface area contributed by atoms with Crippen molar-refractivity contribution in [3.05, 3.63) is 41.7 Å². The first-order valence-electron chi connectivity index (χ1n) is 6.80. The Morgan fingerprint density at radius 1 is 1.36 bits per heavy atom. The van der Waals surface area contributed by atoms with E-state index in [4.69, 9.17) is 15.6 Å². The lowest BCUT2D eigenvalue weighted by Gasteiger charge is -2.11. The summed E-state index contributed by atoms with van der Waals surface area (Å²) in [7, 11) is 0. The number of rotatable bonds is 5. The Hall–Kier alpha value is -2.63. The van der Waals surface area contributed by atoms with Crippen molar-refractivity contribution in [1.82, 2.24) is 4.98 Å². The van der Waals surface area contributed by atoms with E-state index in [1.807, 2.05) is 13.8 Å². The van der Waals surface area contributed by atoms with Crippen molar-refractivity contribution in [3.63, 3.8) is 0 Å². The van der Waals surface area contributed by atoms with Crippen LogP contribution in [-0.4, -0.2) is 22.7 Å². The van der Waals surface area contributed by atoms with Gasteiger partial charge in [0.15, 0.2) is 0 Å². The van der Waals surface area contributed by atoms with Crippen molar-refractivity contribution in [2.24, 2.45) is 5.92 Å². The van der Waals surface area contributed by atoms with Gasteiger partial charge in [0.1, 0.15) is 22.9 Å². The number of nitrogens with two attached hydrogens (primary N) is 1. The maximum absolute atomic E-state index is 13.7. The number of ether oxygens (including phenoxy) is 1. The molecule has 0 aliphatic heterocycles. The van der Waals surface area contributed by atoms with Crippen molar-refractivity contribution >= 4 is 11.8 Å². The topological polar surface area (TPSA) is 85.4 Å². The van der Waals surface area contributed by atoms with E-state index in [2.05, 4.69) is 4.98 Å². The first-order chi connectivity index (χ1) is 10.4. The molecule has 0 fully saturated rings. The van der Waals surface area contributed by atoms with E-state index in [0.717, 1.165) is 0 Å². The molecular formula is C16H17FN2O3. The summed E-state index contributed by atoms with van der Waals surface area (Å²) in [4.78, 5) is 14.9. The minimum atomic E-state index is -1.16. The van der Waals surface area contributed by atoms with E-state index in [1.165, 1.54) is 24.3 Å². The highest BCUT2D eigenvalue weighted by molar-refractivity contribution is 5.93. The van der Waals surface area contributed by atoms with Gasteiger partial charge in [0.2, 0.25) is 0 Å². The molecule has 1 aromatic heterocycles. The van der Waals surface area contributed by atoms with Gasteiger partial charge in [0, 0.05) is 11.6 Å². The molecule has 1 heterocycles. The number of hydrogen-bond donors (Lipinski definition) is 2. The van der Waals surface area contributed by atoms with E-state index < -0.39 is 11.8 Å². The van der Waals surface area contributed by atoms with E-state index >= 15 is 0 Å². The van der Waals surface area contributed by atoms with Crippen molar-refractivity contribution < 1.29 is 19.0 Å². The Morgan fingerprint density at radius 3 is 2.68 bits per heavy atom. The summed E-state index contributed by atoms with van der Waals surface area (Å²) >= 11 is 0. The number of anilines is 1. The van der Waals surface area contributed by atoms with Gasteiger partial charge in [-0.25, -0.2) is 14.2 Å². The molecule has 0 aliphatic rings. The van der Waals surface area contributed by atoms with Crippen LogP contribution in [0.3, 0.4) is 0 Å². The Kier molecular flexibility index (Phi) is 4.60. The quantitative estimate of drug-likeness (QED) is 0.886. The van der Waals surface area contributed by atoms with Crippen LogP contribution < -0.4 is 10.5 Å². The molecule has 0 saturated heterocycles. The molecular weight excluding hydrogens is 287 g/mol. The fourth-order valence-electron chi connectivity index (χ4n) is 1.87. The minimum absolute atomic E-state index is 0.0866. The first kappa shape index (κ1) is 15.8. The number of carboxylic acid groups (broad SMARTS) is 1. The van der Waals surface area contributed by atoms with Crippen molar-refractivity contribution in [2.45, 2.75) is 13.8 Å². The van der Waals surface area contributed by atoms with E-state index in [9.17, 15) is 9.18 Å². The average molecular weight is 304 g/mol. The van der Waals surface area contributed by atoms with E-state index in [0.29, 0.717) is 29.5 Å². The van der Waals surface area contributed by atoms with Gasteiger partial charge in [-0.05, 0) is 30.2 Å². The Labute approximate surface area is 127 Å². The number of nitrogen functional groups attached to an aromatic ring is 1. The standard InChI is InChI=1S/C16H17FN2O3/c1-9(2)8-22-12-6-10(5-11(17)7-12)14-4-3-13(16(20)21)15(18)19-14/h3-7,9H,8H2,1-2H3,(H2,18,19)(H,20,21). The lowest BCUT2D eigenvalue weighted by Crippen LogP contribution is -2.06. The van der Waals surface area contributed by atoms with Crippen molar-refractivity contribution in [3.8, 4) is 17.0 Å². The average Bonchev–Trinajstić information content (AvgIpc) is 2.44. The van der Waals surface area contributed by atoms with E-state index in [1.54, 1.807) is 6.07 Å². The number of pyridine rings is 1. The second-order valence-electron chi connectivity index (χ2n) is 5.31. The molecule has 0 amide bonds. The summed E-state index contributed by atoms with van der Waals surface area (Å²) in [6.45, 7) is 4.45. The summed E-state index contributed by atoms with van der Waals surface area (Å²) in [5.41, 5.74) is 6.39. The fourth-order valence-corrected chi connectivity index (χ4v) is 1.87. The summed E-state index contributed by atoms with van der Waals surface area (Å²) < 4.78 is 19.2. The zero-order valence-electron chi connectivity index (χ0n) is 12.3. The highest BCUT2D eigenvalue weighted by atomic mass is 19.1. The minimum Gasteiger partial charge on any atom is -0.493 e. The molecule has 0 bridgehead atoms. The maximum Gasteiger partial charge on any atom is 0.339 e. The van der Waals surface area contributed by atoms with Crippen LogP contribution in [0.25, 0.3) is 11.3 Å². The highest BCUT2D eigenvalue weighted by Crippen LogP contribution is 2.26. The molecule has 1 aromatic carbocycles. The smallest absolute Gasteiger partial charge is 0.339 e. The number of hydrogen-bond acceptors (Lipinski definition) is 4. The number of nitrogens with zero attached hydrogens (tertiary/aromatic N) is 1. The van der Waals surface area contributed by atoms with Crippen LogP contribution in [0.2, 0.25) is 0 Å². The van der Waals surface area contributed by atoms with Gasteiger partial charge in [-0.2, -0.15) is 0 Å². The zero-order valence-corrected chi connectivity index (χ0v) is 12.3. The van der Waals surface area contributed by atoms with Crippen LogP contribution >= 0.6 is 0 Å². The number of carbonyl (C=O) groups is 1. The van der Waals surface area contributed by atoms with Crippen molar-refractivity contribution in [1.29, 1.82) is 0 Å². The predicted octanol–water partition coefficient (Wildman–Crippen LogP) is 3.20. The predicted molar refractivity (Wildman–Crippen MR) is 81.3 cm³/mol. The molecule has 0 radical (unpaired) electrons. The monoisotopic (exact) mass is 304 g/mol. The van der Waals surface area contributed by atoms with Gasteiger partial charge >= 0.3 is 5.97 Å². The molecule has 3 N–H and O–H groups in total. The molecule has 116 valence electrons. The van der Waals surface area contributed by atoms with Gasteiger partial charge in [0.25, 0.3) is 0 Å². The van der Waals surface area contributed by atoms with E-state index in [-0.39, 0.29) is 11.4 Å². The Bertz CT molecular complexity index is 702. The normalized spacial score (nSPS) is 10.7. The van der Waals surface area contributed by atoms with Crippen LogP contribution in [0.1, 0.15) is 24.2 Å². The maximum atomic E-state index is 13.7. The van der Waals surface area contributed by atoms with Gasteiger partial charge in [-0.3, -0.25) is 0 Å². The molecule has 0 spiro atoms. The Balaban J connectivity index is 2.36. The van der Waals surface area contributed by atoms with Gasteiger partial charge < -0.3 is 15.6 Å². The second kappa shape index (κ2) is 6.43. The van der Waals surface area contributed by atoms with Crippen LogP contribution in [0, 0.1) is 11.7 Å². The first-order valence-corrected chi connectivity index (χ1v) is 6.80. The van der Waals surface area contributed by atoms with Crippen LogP contribution in [0.5, 0.6) is 5.75 Å².